The Balaban J connectivity index is 1.56. The number of carbonyl (C=O) groups excluding carboxylic acids is 1. The predicted molar refractivity (Wildman–Crippen MR) is 143 cm³/mol. The molecule has 2 aliphatic heterocycles. The quantitative estimate of drug-likeness (QED) is 0.410. The Hall–Kier alpha value is -3.34. The van der Waals surface area contributed by atoms with Crippen molar-refractivity contribution in [2.45, 2.75) is 18.5 Å². The van der Waals surface area contributed by atoms with Gasteiger partial charge in [-0.05, 0) is 18.6 Å². The highest BCUT2D eigenvalue weighted by Crippen LogP contribution is 2.46. The number of anilines is 2. The van der Waals surface area contributed by atoms with Gasteiger partial charge in [0.1, 0.15) is 23.1 Å². The van der Waals surface area contributed by atoms with Crippen LogP contribution >= 0.6 is 23.2 Å². The average molecular weight is 545 g/mol. The molecule has 1 aromatic carbocycles. The lowest BCUT2D eigenvalue weighted by atomic mass is 10.1. The molecule has 2 atom stereocenters. The summed E-state index contributed by atoms with van der Waals surface area (Å²) in [6.07, 6.45) is 3.99. The topological polar surface area (TPSA) is 111 Å². The van der Waals surface area contributed by atoms with Gasteiger partial charge in [-0.25, -0.2) is 15.0 Å². The summed E-state index contributed by atoms with van der Waals surface area (Å²) in [5, 5.41) is 7.68. The third-order valence-electron chi connectivity index (χ3n) is 6.44. The lowest BCUT2D eigenvalue weighted by Crippen LogP contribution is -2.45. The van der Waals surface area contributed by atoms with Gasteiger partial charge in [0, 0.05) is 24.5 Å². The fourth-order valence-corrected chi connectivity index (χ4v) is 5.00. The number of halogens is 2. The normalized spacial score (nSPS) is 18.9. The van der Waals surface area contributed by atoms with Crippen molar-refractivity contribution in [2.75, 3.05) is 50.7 Å². The summed E-state index contributed by atoms with van der Waals surface area (Å²) in [5.74, 6) is 2.29. The first kappa shape index (κ1) is 25.3. The van der Waals surface area contributed by atoms with Gasteiger partial charge < -0.3 is 29.7 Å². The molecule has 0 unspecified atom stereocenters. The molecule has 5 rings (SSSR count). The maximum atomic E-state index is 11.8. The van der Waals surface area contributed by atoms with Crippen LogP contribution in [0.2, 0.25) is 10.0 Å². The van der Waals surface area contributed by atoms with Crippen molar-refractivity contribution in [3.05, 3.63) is 41.0 Å². The first-order valence-electron chi connectivity index (χ1n) is 11.7. The molecule has 0 spiro atoms. The van der Waals surface area contributed by atoms with E-state index in [2.05, 4.69) is 27.1 Å². The van der Waals surface area contributed by atoms with Crippen LogP contribution in [-0.2, 0) is 9.53 Å². The monoisotopic (exact) mass is 544 g/mol. The summed E-state index contributed by atoms with van der Waals surface area (Å²) in [6, 6.07) is 3.18. The number of pyridine rings is 1. The number of fused-ring (bicyclic) bond motifs is 1. The summed E-state index contributed by atoms with van der Waals surface area (Å²) < 4.78 is 16.4. The van der Waals surface area contributed by atoms with Gasteiger partial charge in [-0.15, -0.1) is 0 Å². The van der Waals surface area contributed by atoms with Crippen molar-refractivity contribution >= 4 is 51.6 Å². The molecule has 3 aromatic rings. The fraction of sp³-hybridized carbons (Fsp3) is 0.360. The molecule has 0 radical (unpaired) electrons. The number of nitrogens with one attached hydrogen (secondary N) is 2. The molecule has 0 bridgehead atoms. The van der Waals surface area contributed by atoms with Gasteiger partial charge in [-0.2, -0.15) is 0 Å². The largest absolute Gasteiger partial charge is 0.495 e. The Labute approximate surface area is 223 Å². The van der Waals surface area contributed by atoms with E-state index in [1.165, 1.54) is 20.3 Å². The number of rotatable bonds is 8. The number of nitrogens with zero attached hydrogens (tertiary/aromatic N) is 4. The standard InChI is InChI=1S/C25H26Cl2N6O4/c1-4-20(34)30-16-12-37-11-15(16)29-19-8-13-14(10-28-19)31-24(32-25(13)33-6-5-7-33)21-22(26)17(35-2)9-18(36-3)23(21)27/h4,8-10,15-16H,1,5-7,11-12H2,2-3H3,(H,28,29)(H,30,34)/t15-,16+/m1/s1. The highest BCUT2D eigenvalue weighted by molar-refractivity contribution is 6.41. The van der Waals surface area contributed by atoms with Crippen LogP contribution in [0.1, 0.15) is 6.42 Å². The third-order valence-corrected chi connectivity index (χ3v) is 7.19. The average Bonchev–Trinajstić information content (AvgIpc) is 3.29. The van der Waals surface area contributed by atoms with Gasteiger partial charge in [-0.1, -0.05) is 29.8 Å². The van der Waals surface area contributed by atoms with E-state index in [4.69, 9.17) is 47.4 Å². The minimum absolute atomic E-state index is 0.150. The van der Waals surface area contributed by atoms with E-state index < -0.39 is 0 Å². The molecule has 2 fully saturated rings. The molecular weight excluding hydrogens is 519 g/mol. The first-order chi connectivity index (χ1) is 17.9. The van der Waals surface area contributed by atoms with Crippen LogP contribution < -0.4 is 25.0 Å². The number of aromatic nitrogens is 3. The molecular formula is C25H26Cl2N6O4. The van der Waals surface area contributed by atoms with Crippen LogP contribution in [0.5, 0.6) is 11.5 Å². The Morgan fingerprint density at radius 2 is 1.84 bits per heavy atom. The highest BCUT2D eigenvalue weighted by atomic mass is 35.5. The summed E-state index contributed by atoms with van der Waals surface area (Å²) in [5.41, 5.74) is 1.06. The Kier molecular flexibility index (Phi) is 7.23. The molecule has 194 valence electrons. The van der Waals surface area contributed by atoms with Gasteiger partial charge in [0.2, 0.25) is 5.91 Å². The summed E-state index contributed by atoms with van der Waals surface area (Å²) in [7, 11) is 3.04. The third kappa shape index (κ3) is 4.84. The molecule has 37 heavy (non-hydrogen) atoms. The summed E-state index contributed by atoms with van der Waals surface area (Å²) >= 11 is 13.3. The van der Waals surface area contributed by atoms with Crippen molar-refractivity contribution in [1.82, 2.24) is 20.3 Å². The van der Waals surface area contributed by atoms with E-state index in [-0.39, 0.29) is 18.0 Å². The lowest BCUT2D eigenvalue weighted by Gasteiger charge is -2.33. The Morgan fingerprint density at radius 1 is 1.14 bits per heavy atom. The van der Waals surface area contributed by atoms with E-state index in [1.54, 1.807) is 12.3 Å². The number of carbonyl (C=O) groups is 1. The van der Waals surface area contributed by atoms with Crippen LogP contribution in [0, 0.1) is 0 Å². The SMILES string of the molecule is C=CC(=O)N[C@H]1COC[C@H]1Nc1cc2c(N3CCC3)nc(-c3c(Cl)c(OC)cc(OC)c3Cl)nc2cn1. The van der Waals surface area contributed by atoms with Crippen molar-refractivity contribution in [2.24, 2.45) is 0 Å². The second-order valence-corrected chi connectivity index (χ2v) is 9.45. The van der Waals surface area contributed by atoms with Crippen LogP contribution in [-0.4, -0.2) is 73.5 Å². The van der Waals surface area contributed by atoms with Crippen molar-refractivity contribution in [1.29, 1.82) is 0 Å². The van der Waals surface area contributed by atoms with E-state index in [9.17, 15) is 4.79 Å². The fourth-order valence-electron chi connectivity index (χ4n) is 4.33. The second-order valence-electron chi connectivity index (χ2n) is 8.69. The number of hydrogen-bond acceptors (Lipinski definition) is 9. The number of ether oxygens (including phenoxy) is 3. The van der Waals surface area contributed by atoms with Crippen molar-refractivity contribution in [3.8, 4) is 22.9 Å². The van der Waals surface area contributed by atoms with E-state index in [1.807, 2.05) is 6.07 Å². The van der Waals surface area contributed by atoms with Gasteiger partial charge >= 0.3 is 0 Å². The molecule has 2 N–H and O–H groups in total. The molecule has 0 saturated carbocycles. The molecule has 2 aliphatic rings. The predicted octanol–water partition coefficient (Wildman–Crippen LogP) is 3.71. The molecule has 2 aromatic heterocycles. The number of hydrogen-bond donors (Lipinski definition) is 2. The number of amides is 1. The molecule has 10 nitrogen and oxygen atoms in total. The highest BCUT2D eigenvalue weighted by Gasteiger charge is 2.30. The minimum atomic E-state index is -0.249. The lowest BCUT2D eigenvalue weighted by molar-refractivity contribution is -0.117. The Bertz CT molecular complexity index is 1340. The zero-order valence-corrected chi connectivity index (χ0v) is 21.9. The molecule has 2 saturated heterocycles. The molecule has 4 heterocycles. The van der Waals surface area contributed by atoms with E-state index in [0.29, 0.717) is 57.5 Å². The smallest absolute Gasteiger partial charge is 0.243 e. The molecule has 0 aliphatic carbocycles. The van der Waals surface area contributed by atoms with Gasteiger partial charge in [0.15, 0.2) is 5.82 Å². The van der Waals surface area contributed by atoms with Gasteiger partial charge in [-0.3, -0.25) is 4.79 Å². The summed E-state index contributed by atoms with van der Waals surface area (Å²) in [6.45, 7) is 6.08. The van der Waals surface area contributed by atoms with Crippen LogP contribution in [0.15, 0.2) is 31.0 Å². The van der Waals surface area contributed by atoms with Crippen LogP contribution in [0.25, 0.3) is 22.3 Å². The van der Waals surface area contributed by atoms with Crippen molar-refractivity contribution in [3.63, 3.8) is 0 Å². The number of methoxy groups -OCH3 is 2. The van der Waals surface area contributed by atoms with Crippen LogP contribution in [0.4, 0.5) is 11.6 Å². The Morgan fingerprint density at radius 3 is 2.46 bits per heavy atom. The van der Waals surface area contributed by atoms with Gasteiger partial charge in [0.25, 0.3) is 0 Å². The van der Waals surface area contributed by atoms with E-state index >= 15 is 0 Å². The van der Waals surface area contributed by atoms with Crippen LogP contribution in [0.3, 0.4) is 0 Å². The number of benzene rings is 1. The molecule has 1 amide bonds. The minimum Gasteiger partial charge on any atom is -0.495 e. The molecule has 12 heteroatoms. The maximum absolute atomic E-state index is 11.8. The second kappa shape index (κ2) is 10.6. The maximum Gasteiger partial charge on any atom is 0.243 e. The zero-order valence-electron chi connectivity index (χ0n) is 20.4. The first-order valence-corrected chi connectivity index (χ1v) is 12.5. The van der Waals surface area contributed by atoms with Crippen molar-refractivity contribution < 1.29 is 19.0 Å². The zero-order chi connectivity index (χ0) is 26.1. The van der Waals surface area contributed by atoms with E-state index in [0.717, 1.165) is 30.7 Å². The van der Waals surface area contributed by atoms with Gasteiger partial charge in [0.05, 0.1) is 66.8 Å². The summed E-state index contributed by atoms with van der Waals surface area (Å²) in [4.78, 5) is 28.2.